The molecule has 0 aromatic heterocycles. The van der Waals surface area contributed by atoms with E-state index in [4.69, 9.17) is 14.6 Å². The lowest BCUT2D eigenvalue weighted by atomic mass is 10.2. The molecule has 0 fully saturated rings. The van der Waals surface area contributed by atoms with Gasteiger partial charge in [-0.1, -0.05) is 48.5 Å². The average Bonchev–Trinajstić information content (AvgIpc) is 2.66. The molecule has 0 amide bonds. The summed E-state index contributed by atoms with van der Waals surface area (Å²) in [7, 11) is 0. The van der Waals surface area contributed by atoms with Gasteiger partial charge < -0.3 is 14.6 Å². The quantitative estimate of drug-likeness (QED) is 0.689. The predicted octanol–water partition coefficient (Wildman–Crippen LogP) is 4.54. The second kappa shape index (κ2) is 8.02. The van der Waals surface area contributed by atoms with E-state index in [0.29, 0.717) is 19.0 Å². The molecule has 126 valence electrons. The maximum atomic E-state index is 11.0. The van der Waals surface area contributed by atoms with Gasteiger partial charge in [0.2, 0.25) is 0 Å². The average molecular weight is 334 g/mol. The van der Waals surface area contributed by atoms with E-state index in [1.807, 2.05) is 54.6 Å². The van der Waals surface area contributed by atoms with Crippen molar-refractivity contribution in [1.29, 1.82) is 0 Å². The highest BCUT2D eigenvalue weighted by molar-refractivity contribution is 5.87. The molecule has 0 unspecified atom stereocenters. The summed E-state index contributed by atoms with van der Waals surface area (Å²) < 4.78 is 11.5. The van der Waals surface area contributed by atoms with Gasteiger partial charge in [0.15, 0.2) is 0 Å². The van der Waals surface area contributed by atoms with Crippen LogP contribution in [0.2, 0.25) is 0 Å². The highest BCUT2D eigenvalue weighted by Crippen LogP contribution is 2.19. The molecule has 3 aromatic carbocycles. The maximum absolute atomic E-state index is 11.0. The monoisotopic (exact) mass is 334 g/mol. The van der Waals surface area contributed by atoms with E-state index in [9.17, 15) is 4.79 Å². The van der Waals surface area contributed by atoms with Crippen LogP contribution in [0.15, 0.2) is 78.9 Å². The Hall–Kier alpha value is -3.27. The zero-order chi connectivity index (χ0) is 17.5. The van der Waals surface area contributed by atoms with Crippen LogP contribution in [-0.2, 0) is 13.2 Å². The molecule has 0 heterocycles. The molecule has 1 N–H and O–H groups in total. The van der Waals surface area contributed by atoms with Crippen LogP contribution in [0.25, 0.3) is 0 Å². The van der Waals surface area contributed by atoms with Gasteiger partial charge in [0.25, 0.3) is 0 Å². The highest BCUT2D eigenvalue weighted by atomic mass is 16.5. The van der Waals surface area contributed by atoms with Gasteiger partial charge in [0.1, 0.15) is 24.7 Å². The third-order valence-electron chi connectivity index (χ3n) is 3.63. The predicted molar refractivity (Wildman–Crippen MR) is 94.9 cm³/mol. The van der Waals surface area contributed by atoms with E-state index >= 15 is 0 Å². The number of ether oxygens (including phenoxy) is 2. The van der Waals surface area contributed by atoms with Crippen LogP contribution in [0.1, 0.15) is 21.5 Å². The second-order valence-corrected chi connectivity index (χ2v) is 5.54. The van der Waals surface area contributed by atoms with Crippen molar-refractivity contribution in [2.75, 3.05) is 0 Å². The van der Waals surface area contributed by atoms with E-state index in [1.165, 1.54) is 12.1 Å². The van der Waals surface area contributed by atoms with Crippen molar-refractivity contribution in [2.45, 2.75) is 13.2 Å². The van der Waals surface area contributed by atoms with Crippen molar-refractivity contribution in [2.24, 2.45) is 0 Å². The van der Waals surface area contributed by atoms with Gasteiger partial charge in [-0.05, 0) is 41.5 Å². The number of aromatic carboxylic acids is 1. The summed E-state index contributed by atoms with van der Waals surface area (Å²) in [5.74, 6) is 0.321. The summed E-state index contributed by atoms with van der Waals surface area (Å²) in [6.45, 7) is 0.845. The Balaban J connectivity index is 1.60. The Morgan fingerprint density at radius 1 is 0.720 bits per heavy atom. The van der Waals surface area contributed by atoms with Crippen molar-refractivity contribution in [1.82, 2.24) is 0 Å². The first kappa shape index (κ1) is 16.6. The Kier molecular flexibility index (Phi) is 5.32. The highest BCUT2D eigenvalue weighted by Gasteiger charge is 2.04. The minimum absolute atomic E-state index is 0.206. The minimum Gasteiger partial charge on any atom is -0.489 e. The molecule has 25 heavy (non-hydrogen) atoms. The van der Waals surface area contributed by atoms with Crippen molar-refractivity contribution < 1.29 is 19.4 Å². The summed E-state index contributed by atoms with van der Waals surface area (Å²) in [4.78, 5) is 11.0. The number of carboxylic acid groups (broad SMARTS) is 1. The molecule has 0 aliphatic heterocycles. The van der Waals surface area contributed by atoms with Gasteiger partial charge in [-0.25, -0.2) is 4.79 Å². The molecule has 0 bridgehead atoms. The maximum Gasteiger partial charge on any atom is 0.335 e. The summed E-state index contributed by atoms with van der Waals surface area (Å²) in [6, 6.07) is 24.1. The fourth-order valence-electron chi connectivity index (χ4n) is 2.35. The fourth-order valence-corrected chi connectivity index (χ4v) is 2.35. The molecule has 0 saturated heterocycles. The topological polar surface area (TPSA) is 55.8 Å². The Labute approximate surface area is 146 Å². The van der Waals surface area contributed by atoms with Gasteiger partial charge in [-0.2, -0.15) is 0 Å². The molecule has 0 atom stereocenters. The molecule has 4 heteroatoms. The minimum atomic E-state index is -0.971. The second-order valence-electron chi connectivity index (χ2n) is 5.54. The first-order valence-electron chi connectivity index (χ1n) is 7.92. The van der Waals surface area contributed by atoms with Crippen LogP contribution in [0.4, 0.5) is 0 Å². The molecule has 3 aromatic rings. The fraction of sp³-hybridized carbons (Fsp3) is 0.0952. The Bertz CT molecular complexity index is 843. The lowest BCUT2D eigenvalue weighted by Crippen LogP contribution is -2.00. The van der Waals surface area contributed by atoms with Crippen LogP contribution in [-0.4, -0.2) is 11.1 Å². The molecule has 0 aliphatic rings. The Morgan fingerprint density at radius 3 is 2.04 bits per heavy atom. The van der Waals surface area contributed by atoms with Crippen molar-refractivity contribution in [3.63, 3.8) is 0 Å². The van der Waals surface area contributed by atoms with Crippen molar-refractivity contribution in [3.05, 3.63) is 95.6 Å². The first-order valence-corrected chi connectivity index (χ1v) is 7.92. The number of benzene rings is 3. The number of hydrogen-bond acceptors (Lipinski definition) is 3. The lowest BCUT2D eigenvalue weighted by molar-refractivity contribution is 0.0696. The molecule has 0 spiro atoms. The van der Waals surface area contributed by atoms with Gasteiger partial charge in [0.05, 0.1) is 5.56 Å². The van der Waals surface area contributed by atoms with Gasteiger partial charge in [0, 0.05) is 0 Å². The van der Waals surface area contributed by atoms with Crippen molar-refractivity contribution >= 4 is 5.97 Å². The van der Waals surface area contributed by atoms with E-state index in [0.717, 1.165) is 16.9 Å². The van der Waals surface area contributed by atoms with Crippen LogP contribution in [0.5, 0.6) is 11.5 Å². The molecule has 0 aliphatic carbocycles. The SMILES string of the molecule is O=C(O)c1cccc(OCc2cccc(OCc3ccccc3)c2)c1. The lowest BCUT2D eigenvalue weighted by Gasteiger charge is -2.10. The normalized spacial score (nSPS) is 10.2. The molecular weight excluding hydrogens is 316 g/mol. The van der Waals surface area contributed by atoms with Gasteiger partial charge in [-0.3, -0.25) is 0 Å². The summed E-state index contributed by atoms with van der Waals surface area (Å²) in [5.41, 5.74) is 2.26. The molecular formula is C21H18O4. The summed E-state index contributed by atoms with van der Waals surface area (Å²) in [6.07, 6.45) is 0. The number of rotatable bonds is 7. The molecule has 0 saturated carbocycles. The van der Waals surface area contributed by atoms with E-state index in [-0.39, 0.29) is 5.56 Å². The largest absolute Gasteiger partial charge is 0.489 e. The number of hydrogen-bond donors (Lipinski definition) is 1. The van der Waals surface area contributed by atoms with E-state index < -0.39 is 5.97 Å². The van der Waals surface area contributed by atoms with Gasteiger partial charge in [-0.15, -0.1) is 0 Å². The van der Waals surface area contributed by atoms with Gasteiger partial charge >= 0.3 is 5.97 Å². The van der Waals surface area contributed by atoms with Crippen LogP contribution in [0.3, 0.4) is 0 Å². The Morgan fingerprint density at radius 2 is 1.32 bits per heavy atom. The van der Waals surface area contributed by atoms with Crippen LogP contribution < -0.4 is 9.47 Å². The van der Waals surface area contributed by atoms with Crippen LogP contribution >= 0.6 is 0 Å². The summed E-state index contributed by atoms with van der Waals surface area (Å²) >= 11 is 0. The van der Waals surface area contributed by atoms with E-state index in [1.54, 1.807) is 12.1 Å². The van der Waals surface area contributed by atoms with Crippen molar-refractivity contribution in [3.8, 4) is 11.5 Å². The summed E-state index contributed by atoms with van der Waals surface area (Å²) in [5, 5.41) is 9.01. The molecule has 0 radical (unpaired) electrons. The van der Waals surface area contributed by atoms with E-state index in [2.05, 4.69) is 0 Å². The number of carboxylic acids is 1. The molecule has 3 rings (SSSR count). The number of carbonyl (C=O) groups is 1. The smallest absolute Gasteiger partial charge is 0.335 e. The first-order chi connectivity index (χ1) is 12.2. The zero-order valence-electron chi connectivity index (χ0n) is 13.6. The standard InChI is InChI=1S/C21H18O4/c22-21(23)18-9-5-11-20(13-18)25-15-17-8-4-10-19(12-17)24-14-16-6-2-1-3-7-16/h1-13H,14-15H2,(H,22,23). The molecule has 4 nitrogen and oxygen atoms in total. The van der Waals surface area contributed by atoms with Crippen LogP contribution in [0, 0.1) is 0 Å². The third-order valence-corrected chi connectivity index (χ3v) is 3.63. The third kappa shape index (κ3) is 4.85. The zero-order valence-corrected chi connectivity index (χ0v) is 13.6.